The fourth-order valence-corrected chi connectivity index (χ4v) is 2.48. The van der Waals surface area contributed by atoms with Gasteiger partial charge < -0.3 is 10.1 Å². The summed E-state index contributed by atoms with van der Waals surface area (Å²) in [6.07, 6.45) is 2.20. The van der Waals surface area contributed by atoms with Crippen molar-refractivity contribution in [3.05, 3.63) is 22.4 Å². The zero-order valence-electron chi connectivity index (χ0n) is 9.82. The summed E-state index contributed by atoms with van der Waals surface area (Å²) in [4.78, 5) is 1.43. The molecule has 1 heterocycles. The first kappa shape index (κ1) is 12.7. The molecule has 1 aromatic heterocycles. The van der Waals surface area contributed by atoms with E-state index in [0.717, 1.165) is 19.4 Å². The summed E-state index contributed by atoms with van der Waals surface area (Å²) >= 11 is 1.83. The summed E-state index contributed by atoms with van der Waals surface area (Å²) < 4.78 is 5.08. The zero-order chi connectivity index (χ0) is 11.1. The molecule has 0 amide bonds. The van der Waals surface area contributed by atoms with E-state index in [1.54, 1.807) is 7.11 Å². The molecule has 0 radical (unpaired) electrons. The number of nitrogens with one attached hydrogen (secondary N) is 1. The van der Waals surface area contributed by atoms with E-state index in [4.69, 9.17) is 4.74 Å². The van der Waals surface area contributed by atoms with Crippen LogP contribution in [0.5, 0.6) is 0 Å². The number of hydrogen-bond donors (Lipinski definition) is 1. The number of ether oxygens (including phenoxy) is 1. The predicted molar refractivity (Wildman–Crippen MR) is 66.4 cm³/mol. The Morgan fingerprint density at radius 3 is 2.87 bits per heavy atom. The molecule has 0 fully saturated rings. The number of hydrogen-bond acceptors (Lipinski definition) is 3. The summed E-state index contributed by atoms with van der Waals surface area (Å²) in [6, 6.07) is 5.33. The Balaban J connectivity index is 2.40. The SMILES string of the molecule is CCC(NC(C)CCOC)c1cccs1. The van der Waals surface area contributed by atoms with Crippen molar-refractivity contribution in [2.75, 3.05) is 13.7 Å². The van der Waals surface area contributed by atoms with Crippen LogP contribution in [0, 0.1) is 0 Å². The van der Waals surface area contributed by atoms with E-state index >= 15 is 0 Å². The Kier molecular flexibility index (Phi) is 5.91. The summed E-state index contributed by atoms with van der Waals surface area (Å²) in [5.41, 5.74) is 0. The van der Waals surface area contributed by atoms with Gasteiger partial charge in [0.1, 0.15) is 0 Å². The molecular weight excluding hydrogens is 206 g/mol. The Morgan fingerprint density at radius 2 is 2.33 bits per heavy atom. The highest BCUT2D eigenvalue weighted by molar-refractivity contribution is 7.10. The zero-order valence-corrected chi connectivity index (χ0v) is 10.6. The standard InChI is InChI=1S/C12H21NOS/c1-4-11(12-6-5-9-15-12)13-10(2)7-8-14-3/h5-6,9-11,13H,4,7-8H2,1-3H3. The van der Waals surface area contributed by atoms with Crippen molar-refractivity contribution >= 4 is 11.3 Å². The Bertz CT molecular complexity index is 248. The highest BCUT2D eigenvalue weighted by Gasteiger charge is 2.12. The van der Waals surface area contributed by atoms with Gasteiger partial charge in [0.25, 0.3) is 0 Å². The molecule has 0 saturated carbocycles. The Hall–Kier alpha value is -0.380. The van der Waals surface area contributed by atoms with Gasteiger partial charge in [0.2, 0.25) is 0 Å². The maximum Gasteiger partial charge on any atom is 0.0476 e. The highest BCUT2D eigenvalue weighted by atomic mass is 32.1. The fraction of sp³-hybridized carbons (Fsp3) is 0.667. The number of rotatable bonds is 7. The minimum Gasteiger partial charge on any atom is -0.385 e. The Labute approximate surface area is 96.7 Å². The van der Waals surface area contributed by atoms with Crippen LogP contribution in [0.1, 0.15) is 37.6 Å². The normalized spacial score (nSPS) is 15.1. The molecule has 1 rings (SSSR count). The van der Waals surface area contributed by atoms with Crippen molar-refractivity contribution in [3.8, 4) is 0 Å². The molecule has 15 heavy (non-hydrogen) atoms. The maximum absolute atomic E-state index is 5.08. The lowest BCUT2D eigenvalue weighted by Crippen LogP contribution is -2.30. The topological polar surface area (TPSA) is 21.3 Å². The van der Waals surface area contributed by atoms with Crippen molar-refractivity contribution in [3.63, 3.8) is 0 Å². The van der Waals surface area contributed by atoms with Gasteiger partial charge in [-0.2, -0.15) is 0 Å². The molecule has 0 spiro atoms. The van der Waals surface area contributed by atoms with E-state index < -0.39 is 0 Å². The molecule has 0 aromatic carbocycles. The second kappa shape index (κ2) is 6.99. The molecule has 1 N–H and O–H groups in total. The molecular formula is C12H21NOS. The van der Waals surface area contributed by atoms with Crippen molar-refractivity contribution in [2.24, 2.45) is 0 Å². The monoisotopic (exact) mass is 227 g/mol. The average Bonchev–Trinajstić information content (AvgIpc) is 2.76. The summed E-state index contributed by atoms with van der Waals surface area (Å²) in [6.45, 7) is 5.27. The van der Waals surface area contributed by atoms with Crippen LogP contribution in [0.4, 0.5) is 0 Å². The average molecular weight is 227 g/mol. The van der Waals surface area contributed by atoms with Crippen LogP contribution in [-0.4, -0.2) is 19.8 Å². The minimum absolute atomic E-state index is 0.497. The van der Waals surface area contributed by atoms with E-state index in [9.17, 15) is 0 Å². The fourth-order valence-electron chi connectivity index (χ4n) is 1.61. The van der Waals surface area contributed by atoms with Gasteiger partial charge in [-0.3, -0.25) is 0 Å². The third-order valence-electron chi connectivity index (χ3n) is 2.54. The molecule has 0 aliphatic rings. The molecule has 86 valence electrons. The van der Waals surface area contributed by atoms with Crippen LogP contribution in [0.3, 0.4) is 0 Å². The number of thiophene rings is 1. The van der Waals surface area contributed by atoms with Gasteiger partial charge in [-0.05, 0) is 31.2 Å². The summed E-state index contributed by atoms with van der Waals surface area (Å²) in [7, 11) is 1.75. The Morgan fingerprint density at radius 1 is 1.53 bits per heavy atom. The van der Waals surface area contributed by atoms with Crippen LogP contribution < -0.4 is 5.32 Å². The summed E-state index contributed by atoms with van der Waals surface area (Å²) in [5, 5.41) is 5.77. The molecule has 0 aliphatic carbocycles. The van der Waals surface area contributed by atoms with Gasteiger partial charge in [0.15, 0.2) is 0 Å². The van der Waals surface area contributed by atoms with Gasteiger partial charge in [0, 0.05) is 30.7 Å². The quantitative estimate of drug-likeness (QED) is 0.772. The molecule has 2 atom stereocenters. The first-order valence-corrected chi connectivity index (χ1v) is 6.44. The highest BCUT2D eigenvalue weighted by Crippen LogP contribution is 2.22. The molecule has 3 heteroatoms. The maximum atomic E-state index is 5.08. The molecule has 1 aromatic rings. The van der Waals surface area contributed by atoms with E-state index in [1.807, 2.05) is 11.3 Å². The van der Waals surface area contributed by atoms with Crippen molar-refractivity contribution in [1.82, 2.24) is 5.32 Å². The van der Waals surface area contributed by atoms with Crippen molar-refractivity contribution in [1.29, 1.82) is 0 Å². The lowest BCUT2D eigenvalue weighted by Gasteiger charge is -2.21. The van der Waals surface area contributed by atoms with E-state index in [0.29, 0.717) is 12.1 Å². The summed E-state index contributed by atoms with van der Waals surface area (Å²) in [5.74, 6) is 0. The molecule has 0 saturated heterocycles. The van der Waals surface area contributed by atoms with Gasteiger partial charge >= 0.3 is 0 Å². The van der Waals surface area contributed by atoms with Gasteiger partial charge in [-0.1, -0.05) is 13.0 Å². The molecule has 2 nitrogen and oxygen atoms in total. The molecule has 2 unspecified atom stereocenters. The lowest BCUT2D eigenvalue weighted by molar-refractivity contribution is 0.182. The number of methoxy groups -OCH3 is 1. The predicted octanol–water partition coefficient (Wildman–Crippen LogP) is 3.21. The van der Waals surface area contributed by atoms with Crippen molar-refractivity contribution in [2.45, 2.75) is 38.8 Å². The molecule has 0 aliphatic heterocycles. The van der Waals surface area contributed by atoms with Crippen molar-refractivity contribution < 1.29 is 4.74 Å². The van der Waals surface area contributed by atoms with Gasteiger partial charge in [0.05, 0.1) is 0 Å². The largest absolute Gasteiger partial charge is 0.385 e. The van der Waals surface area contributed by atoms with E-state index in [2.05, 4.69) is 36.7 Å². The van der Waals surface area contributed by atoms with E-state index in [1.165, 1.54) is 4.88 Å². The minimum atomic E-state index is 0.497. The van der Waals surface area contributed by atoms with Crippen LogP contribution in [0.15, 0.2) is 17.5 Å². The second-order valence-corrected chi connectivity index (χ2v) is 4.80. The van der Waals surface area contributed by atoms with Crippen LogP contribution in [0.2, 0.25) is 0 Å². The van der Waals surface area contributed by atoms with Crippen LogP contribution in [0.25, 0.3) is 0 Å². The smallest absolute Gasteiger partial charge is 0.0476 e. The third kappa shape index (κ3) is 4.33. The first-order valence-electron chi connectivity index (χ1n) is 5.56. The third-order valence-corrected chi connectivity index (χ3v) is 3.52. The van der Waals surface area contributed by atoms with Crippen LogP contribution in [-0.2, 0) is 4.74 Å². The van der Waals surface area contributed by atoms with Gasteiger partial charge in [-0.15, -0.1) is 11.3 Å². The first-order chi connectivity index (χ1) is 7.27. The van der Waals surface area contributed by atoms with Crippen LogP contribution >= 0.6 is 11.3 Å². The van der Waals surface area contributed by atoms with Gasteiger partial charge in [-0.25, -0.2) is 0 Å². The second-order valence-electron chi connectivity index (χ2n) is 3.83. The lowest BCUT2D eigenvalue weighted by atomic mass is 10.1. The molecule has 0 bridgehead atoms. The van der Waals surface area contributed by atoms with E-state index in [-0.39, 0.29) is 0 Å².